The van der Waals surface area contributed by atoms with Crippen LogP contribution in [0, 0.1) is 0 Å². The second-order valence-electron chi connectivity index (χ2n) is 6.85. The quantitative estimate of drug-likeness (QED) is 0.244. The van der Waals surface area contributed by atoms with E-state index in [9.17, 15) is 0 Å². The lowest BCUT2D eigenvalue weighted by molar-refractivity contribution is 1.51. The van der Waals surface area contributed by atoms with E-state index < -0.39 is 0 Å². The summed E-state index contributed by atoms with van der Waals surface area (Å²) in [7, 11) is 0. The molecule has 30 heavy (non-hydrogen) atoms. The van der Waals surface area contributed by atoms with Gasteiger partial charge in [-0.2, -0.15) is 0 Å². The Morgan fingerprint density at radius 1 is 0.367 bits per heavy atom. The van der Waals surface area contributed by atoms with E-state index in [1.165, 1.54) is 0 Å². The van der Waals surface area contributed by atoms with Crippen LogP contribution in [0.5, 0.6) is 0 Å². The molecule has 0 heterocycles. The van der Waals surface area contributed by atoms with Crippen molar-refractivity contribution in [2.75, 3.05) is 0 Å². The van der Waals surface area contributed by atoms with Gasteiger partial charge in [-0.1, -0.05) is 97.1 Å². The highest BCUT2D eigenvalue weighted by molar-refractivity contribution is 5.82. The lowest BCUT2D eigenvalue weighted by atomic mass is 10.1. The van der Waals surface area contributed by atoms with Crippen molar-refractivity contribution in [1.82, 2.24) is 0 Å². The van der Waals surface area contributed by atoms with E-state index in [4.69, 9.17) is 0 Å². The average molecular weight is 386 g/mol. The normalized spacial score (nSPS) is 11.6. The molecule has 4 aromatic carbocycles. The lowest BCUT2D eigenvalue weighted by Gasteiger charge is -1.98. The first-order valence-electron chi connectivity index (χ1n) is 9.92. The highest BCUT2D eigenvalue weighted by Crippen LogP contribution is 2.17. The molecule has 4 aromatic rings. The fourth-order valence-electron chi connectivity index (χ4n) is 2.91. The molecule has 4 rings (SSSR count). The van der Waals surface area contributed by atoms with Crippen LogP contribution in [0.3, 0.4) is 0 Å². The Morgan fingerprint density at radius 3 is 1.10 bits per heavy atom. The maximum absolute atomic E-state index is 4.52. The molecule has 0 saturated carbocycles. The molecule has 0 N–H and O–H groups in total. The van der Waals surface area contributed by atoms with E-state index >= 15 is 0 Å². The van der Waals surface area contributed by atoms with Crippen molar-refractivity contribution in [3.8, 4) is 0 Å². The van der Waals surface area contributed by atoms with Gasteiger partial charge in [-0.25, -0.2) is 0 Å². The minimum absolute atomic E-state index is 0.941. The van der Waals surface area contributed by atoms with Gasteiger partial charge in [0.25, 0.3) is 0 Å². The second kappa shape index (κ2) is 9.94. The van der Waals surface area contributed by atoms with E-state index in [-0.39, 0.29) is 0 Å². The molecule has 144 valence electrons. The highest BCUT2D eigenvalue weighted by atomic mass is 14.7. The van der Waals surface area contributed by atoms with Crippen LogP contribution in [-0.2, 0) is 0 Å². The van der Waals surface area contributed by atoms with Crippen molar-refractivity contribution >= 4 is 36.0 Å². The third-order valence-electron chi connectivity index (χ3n) is 4.58. The molecule has 0 aliphatic heterocycles. The van der Waals surface area contributed by atoms with Gasteiger partial charge >= 0.3 is 0 Å². The molecular formula is C28H22N2. The summed E-state index contributed by atoms with van der Waals surface area (Å²) in [5, 5.41) is 0. The Kier molecular flexibility index (Phi) is 6.39. The van der Waals surface area contributed by atoms with Gasteiger partial charge in [0, 0.05) is 12.4 Å². The van der Waals surface area contributed by atoms with E-state index in [1.807, 2.05) is 97.4 Å². The molecule has 2 heteroatoms. The molecule has 0 fully saturated rings. The number of nitrogens with zero attached hydrogens (tertiary/aromatic N) is 2. The summed E-state index contributed by atoms with van der Waals surface area (Å²) in [6.45, 7) is 0. The SMILES string of the molecule is C(=Nc1ccc(/C=C\c2ccc(N=Cc3ccccc3)cc2)cc1)c1ccccc1. The Hall–Kier alpha value is -4.04. The van der Waals surface area contributed by atoms with Crippen molar-refractivity contribution in [3.63, 3.8) is 0 Å². The number of rotatable bonds is 6. The largest absolute Gasteiger partial charge is 0.256 e. The van der Waals surface area contributed by atoms with Gasteiger partial charge in [-0.15, -0.1) is 0 Å². The van der Waals surface area contributed by atoms with Crippen LogP contribution in [0.25, 0.3) is 12.2 Å². The van der Waals surface area contributed by atoms with Crippen LogP contribution in [0.2, 0.25) is 0 Å². The zero-order valence-electron chi connectivity index (χ0n) is 16.6. The molecule has 0 bridgehead atoms. The van der Waals surface area contributed by atoms with Crippen LogP contribution in [0.1, 0.15) is 22.3 Å². The van der Waals surface area contributed by atoms with Crippen molar-refractivity contribution in [2.45, 2.75) is 0 Å². The van der Waals surface area contributed by atoms with Gasteiger partial charge in [-0.05, 0) is 46.5 Å². The maximum atomic E-state index is 4.52. The minimum Gasteiger partial charge on any atom is -0.256 e. The van der Waals surface area contributed by atoms with E-state index in [0.717, 1.165) is 33.6 Å². The summed E-state index contributed by atoms with van der Waals surface area (Å²) in [6.07, 6.45) is 7.97. The van der Waals surface area contributed by atoms with Gasteiger partial charge in [0.2, 0.25) is 0 Å². The summed E-state index contributed by atoms with van der Waals surface area (Å²) >= 11 is 0. The molecule has 0 aliphatic carbocycles. The number of hydrogen-bond donors (Lipinski definition) is 0. The lowest BCUT2D eigenvalue weighted by Crippen LogP contribution is -1.78. The molecular weight excluding hydrogens is 364 g/mol. The average Bonchev–Trinajstić information content (AvgIpc) is 2.83. The molecule has 0 aromatic heterocycles. The van der Waals surface area contributed by atoms with Gasteiger partial charge < -0.3 is 0 Å². The van der Waals surface area contributed by atoms with Gasteiger partial charge in [0.05, 0.1) is 11.4 Å². The third-order valence-corrected chi connectivity index (χ3v) is 4.58. The molecule has 0 unspecified atom stereocenters. The predicted octanol–water partition coefficient (Wildman–Crippen LogP) is 7.36. The summed E-state index contributed by atoms with van der Waals surface area (Å²) in [6, 6.07) is 36.6. The Morgan fingerprint density at radius 2 is 0.733 bits per heavy atom. The molecule has 0 saturated heterocycles. The van der Waals surface area contributed by atoms with Crippen LogP contribution in [-0.4, -0.2) is 12.4 Å². The van der Waals surface area contributed by atoms with Gasteiger partial charge in [0.1, 0.15) is 0 Å². The molecule has 0 atom stereocenters. The van der Waals surface area contributed by atoms with E-state index in [0.29, 0.717) is 0 Å². The Bertz CT molecular complexity index is 1040. The zero-order valence-corrected chi connectivity index (χ0v) is 16.6. The van der Waals surface area contributed by atoms with Gasteiger partial charge in [-0.3, -0.25) is 9.98 Å². The minimum atomic E-state index is 0.941. The van der Waals surface area contributed by atoms with E-state index in [1.54, 1.807) is 0 Å². The Labute approximate surface area is 177 Å². The molecule has 0 radical (unpaired) electrons. The molecule has 0 amide bonds. The summed E-state index contributed by atoms with van der Waals surface area (Å²) < 4.78 is 0. The number of hydrogen-bond acceptors (Lipinski definition) is 2. The fraction of sp³-hybridized carbons (Fsp3) is 0. The van der Waals surface area contributed by atoms with Gasteiger partial charge in [0.15, 0.2) is 0 Å². The zero-order chi connectivity index (χ0) is 20.4. The highest BCUT2D eigenvalue weighted by Gasteiger charge is 1.93. The predicted molar refractivity (Wildman–Crippen MR) is 129 cm³/mol. The first-order valence-corrected chi connectivity index (χ1v) is 9.92. The summed E-state index contributed by atoms with van der Waals surface area (Å²) in [5.41, 5.74) is 6.35. The van der Waals surface area contributed by atoms with Crippen molar-refractivity contribution in [1.29, 1.82) is 0 Å². The fourth-order valence-corrected chi connectivity index (χ4v) is 2.91. The van der Waals surface area contributed by atoms with Crippen LogP contribution < -0.4 is 0 Å². The summed E-state index contributed by atoms with van der Waals surface area (Å²) in [4.78, 5) is 9.04. The van der Waals surface area contributed by atoms with Crippen LogP contribution in [0.15, 0.2) is 119 Å². The second-order valence-corrected chi connectivity index (χ2v) is 6.85. The maximum Gasteiger partial charge on any atom is 0.0630 e. The smallest absolute Gasteiger partial charge is 0.0630 e. The van der Waals surface area contributed by atoms with Crippen molar-refractivity contribution < 1.29 is 0 Å². The molecule has 0 aliphatic rings. The van der Waals surface area contributed by atoms with E-state index in [2.05, 4.69) is 46.4 Å². The Balaban J connectivity index is 1.36. The number of benzene rings is 4. The monoisotopic (exact) mass is 386 g/mol. The summed E-state index contributed by atoms with van der Waals surface area (Å²) in [5.74, 6) is 0. The first-order chi connectivity index (χ1) is 14.8. The number of aliphatic imine (C=N–C) groups is 2. The first kappa shape index (κ1) is 19.3. The standard InChI is InChI=1S/C28H22N2/c1-3-7-25(8-4-1)21-29-27-17-13-23(14-18-27)11-12-24-15-19-28(20-16-24)30-22-26-9-5-2-6-10-26/h1-22H/b12-11-,29-21?,30-22?. The van der Waals surface area contributed by atoms with Crippen LogP contribution >= 0.6 is 0 Å². The van der Waals surface area contributed by atoms with Crippen molar-refractivity contribution in [2.24, 2.45) is 9.98 Å². The van der Waals surface area contributed by atoms with Crippen LogP contribution in [0.4, 0.5) is 11.4 Å². The topological polar surface area (TPSA) is 24.7 Å². The van der Waals surface area contributed by atoms with Crippen molar-refractivity contribution in [3.05, 3.63) is 131 Å². The molecule has 2 nitrogen and oxygen atoms in total. The third kappa shape index (κ3) is 5.73. The molecule has 0 spiro atoms.